The van der Waals surface area contributed by atoms with E-state index < -0.39 is 35.7 Å². The number of imide groups is 1. The molecule has 0 N–H and O–H groups in total. The van der Waals surface area contributed by atoms with Crippen LogP contribution in [0.3, 0.4) is 0 Å². The van der Waals surface area contributed by atoms with Gasteiger partial charge in [-0.25, -0.2) is 14.4 Å². The summed E-state index contributed by atoms with van der Waals surface area (Å²) in [7, 11) is 1.56. The average molecular weight is 477 g/mol. The first kappa shape index (κ1) is 22.9. The fraction of sp³-hybridized carbons (Fsp3) is 0.259. The lowest BCUT2D eigenvalue weighted by Crippen LogP contribution is -2.37. The van der Waals surface area contributed by atoms with Gasteiger partial charge < -0.3 is 9.47 Å². The monoisotopic (exact) mass is 476 g/mol. The highest BCUT2D eigenvalue weighted by Crippen LogP contribution is 2.48. The van der Waals surface area contributed by atoms with Crippen molar-refractivity contribution in [3.05, 3.63) is 84.2 Å². The molecular weight excluding hydrogens is 451 g/mol. The second-order valence-electron chi connectivity index (χ2n) is 8.41. The number of halogens is 1. The minimum Gasteiger partial charge on any atom is -0.493 e. The van der Waals surface area contributed by atoms with E-state index in [-0.39, 0.29) is 0 Å². The summed E-state index contributed by atoms with van der Waals surface area (Å²) in [5.41, 5.74) is 1.76. The van der Waals surface area contributed by atoms with Crippen molar-refractivity contribution < 1.29 is 28.3 Å². The summed E-state index contributed by atoms with van der Waals surface area (Å²) in [6, 6.07) is 19.5. The van der Waals surface area contributed by atoms with Crippen molar-refractivity contribution in [2.75, 3.05) is 23.7 Å². The Balaban J connectivity index is 1.57. The van der Waals surface area contributed by atoms with Gasteiger partial charge in [-0.15, -0.1) is 0 Å². The minimum absolute atomic E-state index is 0.310. The molecule has 7 nitrogen and oxygen atoms in total. The number of hydroxylamine groups is 1. The van der Waals surface area contributed by atoms with Gasteiger partial charge in [0.25, 0.3) is 5.91 Å². The summed E-state index contributed by atoms with van der Waals surface area (Å²) in [4.78, 5) is 34.2. The van der Waals surface area contributed by atoms with E-state index in [1.807, 2.05) is 49.4 Å². The van der Waals surface area contributed by atoms with Crippen molar-refractivity contribution >= 4 is 23.2 Å². The predicted molar refractivity (Wildman–Crippen MR) is 128 cm³/mol. The number of ether oxygens (including phenoxy) is 2. The lowest BCUT2D eigenvalue weighted by atomic mass is 9.90. The summed E-state index contributed by atoms with van der Waals surface area (Å²) >= 11 is 0. The number of rotatable bonds is 7. The summed E-state index contributed by atoms with van der Waals surface area (Å²) in [5, 5.41) is 1.62. The van der Waals surface area contributed by atoms with Crippen LogP contribution in [-0.2, 0) is 14.4 Å². The van der Waals surface area contributed by atoms with E-state index in [0.29, 0.717) is 29.5 Å². The number of nitrogens with zero attached hydrogens (tertiary/aromatic N) is 2. The Kier molecular flexibility index (Phi) is 6.13. The molecule has 0 aliphatic carbocycles. The van der Waals surface area contributed by atoms with Gasteiger partial charge in [0.2, 0.25) is 5.91 Å². The normalized spacial score (nSPS) is 21.4. The quantitative estimate of drug-likeness (QED) is 0.462. The standard InChI is InChI=1S/C27H25FN2O5/c1-3-15-34-21-14-9-17(16-22(21)33-2)24-23-25(35-30(24)20-7-5-4-6-8-20)27(32)29(26(23)31)19-12-10-18(28)11-13-19/h4-14,16,23-25H,3,15H2,1-2H3/t23-,24-,25+/m0/s1. The molecule has 3 aromatic carbocycles. The highest BCUT2D eigenvalue weighted by atomic mass is 19.1. The van der Waals surface area contributed by atoms with Gasteiger partial charge in [-0.2, -0.15) is 0 Å². The number of methoxy groups -OCH3 is 1. The van der Waals surface area contributed by atoms with Crippen molar-refractivity contribution in [2.24, 2.45) is 5.92 Å². The molecule has 180 valence electrons. The largest absolute Gasteiger partial charge is 0.493 e. The maximum absolute atomic E-state index is 13.7. The van der Waals surface area contributed by atoms with E-state index >= 15 is 0 Å². The smallest absolute Gasteiger partial charge is 0.266 e. The zero-order valence-corrected chi connectivity index (χ0v) is 19.4. The van der Waals surface area contributed by atoms with Crippen molar-refractivity contribution in [3.63, 3.8) is 0 Å². The zero-order valence-electron chi connectivity index (χ0n) is 19.4. The number of para-hydroxylation sites is 1. The number of carbonyl (C=O) groups is 2. The Morgan fingerprint density at radius 3 is 2.34 bits per heavy atom. The van der Waals surface area contributed by atoms with Gasteiger partial charge in [-0.3, -0.25) is 14.4 Å². The molecule has 2 aliphatic heterocycles. The average Bonchev–Trinajstić information content (AvgIpc) is 3.39. The second kappa shape index (κ2) is 9.38. The van der Waals surface area contributed by atoms with Crippen LogP contribution in [-0.4, -0.2) is 31.6 Å². The van der Waals surface area contributed by atoms with Crippen LogP contribution in [0.4, 0.5) is 15.8 Å². The number of amides is 2. The second-order valence-corrected chi connectivity index (χ2v) is 8.41. The molecule has 2 fully saturated rings. The first-order chi connectivity index (χ1) is 17.0. The topological polar surface area (TPSA) is 68.3 Å². The van der Waals surface area contributed by atoms with Gasteiger partial charge in [-0.1, -0.05) is 31.2 Å². The molecule has 3 aromatic rings. The lowest BCUT2D eigenvalue weighted by molar-refractivity contribution is -0.126. The molecule has 2 saturated heterocycles. The minimum atomic E-state index is -1.01. The third kappa shape index (κ3) is 4.00. The molecule has 8 heteroatoms. The highest BCUT2D eigenvalue weighted by molar-refractivity contribution is 6.23. The molecular formula is C27H25FN2O5. The van der Waals surface area contributed by atoms with Crippen molar-refractivity contribution in [1.29, 1.82) is 0 Å². The Labute approximate surface area is 202 Å². The van der Waals surface area contributed by atoms with Gasteiger partial charge in [-0.05, 0) is 60.5 Å². The Bertz CT molecular complexity index is 1230. The van der Waals surface area contributed by atoms with Crippen LogP contribution in [0.25, 0.3) is 0 Å². The number of hydrogen-bond donors (Lipinski definition) is 0. The molecule has 2 aliphatic rings. The SMILES string of the molecule is CCCOc1ccc([C@H]2[C@@H]3C(=O)N(c4ccc(F)cc4)C(=O)[C@@H]3ON2c2ccccc2)cc1OC. The summed E-state index contributed by atoms with van der Waals surface area (Å²) in [5.74, 6) is -1.01. The van der Waals surface area contributed by atoms with E-state index in [0.717, 1.165) is 16.9 Å². The van der Waals surface area contributed by atoms with Crippen LogP contribution in [0.1, 0.15) is 24.9 Å². The first-order valence-corrected chi connectivity index (χ1v) is 11.5. The van der Waals surface area contributed by atoms with Crippen LogP contribution < -0.4 is 19.4 Å². The van der Waals surface area contributed by atoms with E-state index in [1.165, 1.54) is 24.3 Å². The maximum atomic E-state index is 13.7. The summed E-state index contributed by atoms with van der Waals surface area (Å²) < 4.78 is 24.8. The number of hydrogen-bond acceptors (Lipinski definition) is 6. The summed E-state index contributed by atoms with van der Waals surface area (Å²) in [6.07, 6.45) is -0.164. The van der Waals surface area contributed by atoms with Gasteiger partial charge >= 0.3 is 0 Å². The van der Waals surface area contributed by atoms with Gasteiger partial charge in [0.05, 0.1) is 31.1 Å². The van der Waals surface area contributed by atoms with Crippen LogP contribution in [0, 0.1) is 11.7 Å². The predicted octanol–water partition coefficient (Wildman–Crippen LogP) is 4.67. The molecule has 35 heavy (non-hydrogen) atoms. The molecule has 0 aromatic heterocycles. The first-order valence-electron chi connectivity index (χ1n) is 11.5. The van der Waals surface area contributed by atoms with Crippen LogP contribution in [0.5, 0.6) is 11.5 Å². The fourth-order valence-corrected chi connectivity index (χ4v) is 4.60. The molecule has 0 unspecified atom stereocenters. The summed E-state index contributed by atoms with van der Waals surface area (Å²) in [6.45, 7) is 2.56. The van der Waals surface area contributed by atoms with E-state index in [9.17, 15) is 14.0 Å². The highest BCUT2D eigenvalue weighted by Gasteiger charge is 2.60. The number of anilines is 2. The van der Waals surface area contributed by atoms with E-state index in [2.05, 4.69) is 0 Å². The van der Waals surface area contributed by atoms with E-state index in [1.54, 1.807) is 18.2 Å². The maximum Gasteiger partial charge on any atom is 0.266 e. The Morgan fingerprint density at radius 2 is 1.66 bits per heavy atom. The molecule has 5 rings (SSSR count). The van der Waals surface area contributed by atoms with Gasteiger partial charge in [0, 0.05) is 0 Å². The molecule has 0 saturated carbocycles. The molecule has 3 atom stereocenters. The fourth-order valence-electron chi connectivity index (χ4n) is 4.60. The number of benzene rings is 3. The third-order valence-electron chi connectivity index (χ3n) is 6.20. The molecule has 0 bridgehead atoms. The van der Waals surface area contributed by atoms with Crippen molar-refractivity contribution in [1.82, 2.24) is 0 Å². The van der Waals surface area contributed by atoms with Crippen molar-refractivity contribution in [2.45, 2.75) is 25.5 Å². The van der Waals surface area contributed by atoms with Crippen LogP contribution in [0.15, 0.2) is 72.8 Å². The van der Waals surface area contributed by atoms with E-state index in [4.69, 9.17) is 14.3 Å². The van der Waals surface area contributed by atoms with Crippen molar-refractivity contribution in [3.8, 4) is 11.5 Å². The molecule has 0 spiro atoms. The molecule has 2 heterocycles. The molecule has 2 amide bonds. The van der Waals surface area contributed by atoms with Crippen LogP contribution >= 0.6 is 0 Å². The molecule has 0 radical (unpaired) electrons. The lowest BCUT2D eigenvalue weighted by Gasteiger charge is -2.29. The number of fused-ring (bicyclic) bond motifs is 1. The van der Waals surface area contributed by atoms with Crippen LogP contribution in [0.2, 0.25) is 0 Å². The Morgan fingerprint density at radius 1 is 0.914 bits per heavy atom. The number of carbonyl (C=O) groups excluding carboxylic acids is 2. The third-order valence-corrected chi connectivity index (χ3v) is 6.20. The van der Waals surface area contributed by atoms with Gasteiger partial charge in [0.15, 0.2) is 17.6 Å². The zero-order chi connectivity index (χ0) is 24.5. The van der Waals surface area contributed by atoms with Gasteiger partial charge in [0.1, 0.15) is 11.7 Å². The Hall–Kier alpha value is -3.91.